The molecule has 4 rings (SSSR count). The van der Waals surface area contributed by atoms with Crippen molar-refractivity contribution >= 4 is 17.5 Å². The summed E-state index contributed by atoms with van der Waals surface area (Å²) in [5, 5.41) is 7.05. The fraction of sp³-hybridized carbons (Fsp3) is 0.421. The van der Waals surface area contributed by atoms with Gasteiger partial charge in [0.05, 0.1) is 17.9 Å². The summed E-state index contributed by atoms with van der Waals surface area (Å²) in [6.07, 6.45) is 4.86. The second-order valence-corrected chi connectivity index (χ2v) is 7.12. The largest absolute Gasteiger partial charge is 0.356 e. The smallest absolute Gasteiger partial charge is 0.256 e. The van der Waals surface area contributed by atoms with Crippen molar-refractivity contribution in [1.29, 1.82) is 0 Å². The SMILES string of the molecule is CN1C(=O)COC(C(=O)Nc2cnn(CC3CC3)c2)C1c1cccc(F)c1. The van der Waals surface area contributed by atoms with E-state index in [9.17, 15) is 14.0 Å². The predicted octanol–water partition coefficient (Wildman–Crippen LogP) is 1.97. The first kappa shape index (κ1) is 17.7. The quantitative estimate of drug-likeness (QED) is 0.871. The maximum absolute atomic E-state index is 13.7. The van der Waals surface area contributed by atoms with Gasteiger partial charge in [-0.2, -0.15) is 5.10 Å². The van der Waals surface area contributed by atoms with E-state index in [1.807, 2.05) is 4.68 Å². The number of nitrogens with zero attached hydrogens (tertiary/aromatic N) is 3. The van der Waals surface area contributed by atoms with Gasteiger partial charge in [-0.3, -0.25) is 14.3 Å². The summed E-state index contributed by atoms with van der Waals surface area (Å²) in [4.78, 5) is 26.3. The average Bonchev–Trinajstić information content (AvgIpc) is 3.35. The number of hydrogen-bond acceptors (Lipinski definition) is 4. The molecule has 2 fully saturated rings. The summed E-state index contributed by atoms with van der Waals surface area (Å²) in [7, 11) is 1.59. The van der Waals surface area contributed by atoms with Crippen LogP contribution in [0.2, 0.25) is 0 Å². The third-order valence-electron chi connectivity index (χ3n) is 4.98. The first-order valence-electron chi connectivity index (χ1n) is 8.97. The van der Waals surface area contributed by atoms with Gasteiger partial charge < -0.3 is 15.0 Å². The average molecular weight is 372 g/mol. The van der Waals surface area contributed by atoms with Crippen LogP contribution < -0.4 is 5.32 Å². The molecule has 2 aliphatic rings. The van der Waals surface area contributed by atoms with Crippen molar-refractivity contribution in [3.8, 4) is 0 Å². The van der Waals surface area contributed by atoms with E-state index in [1.54, 1.807) is 31.6 Å². The van der Waals surface area contributed by atoms with Crippen LogP contribution in [-0.2, 0) is 20.9 Å². The van der Waals surface area contributed by atoms with E-state index in [1.165, 1.54) is 29.9 Å². The zero-order valence-electron chi connectivity index (χ0n) is 15.0. The van der Waals surface area contributed by atoms with E-state index >= 15 is 0 Å². The molecule has 7 nitrogen and oxygen atoms in total. The second kappa shape index (κ2) is 7.11. The van der Waals surface area contributed by atoms with Crippen molar-refractivity contribution in [2.45, 2.75) is 31.5 Å². The molecule has 142 valence electrons. The molecule has 1 aliphatic heterocycles. The number of nitrogens with one attached hydrogen (secondary N) is 1. The number of halogens is 1. The Balaban J connectivity index is 1.52. The van der Waals surface area contributed by atoms with E-state index in [-0.39, 0.29) is 12.5 Å². The Morgan fingerprint density at radius 1 is 1.41 bits per heavy atom. The number of hydrogen-bond donors (Lipinski definition) is 1. The number of carbonyl (C=O) groups is 2. The summed E-state index contributed by atoms with van der Waals surface area (Å²) in [5.74, 6) is -0.410. The van der Waals surface area contributed by atoms with Crippen LogP contribution in [0.25, 0.3) is 0 Å². The molecule has 2 aromatic rings. The molecule has 27 heavy (non-hydrogen) atoms. The summed E-state index contributed by atoms with van der Waals surface area (Å²) >= 11 is 0. The van der Waals surface area contributed by atoms with Crippen molar-refractivity contribution in [2.24, 2.45) is 5.92 Å². The minimum absolute atomic E-state index is 0.193. The highest BCUT2D eigenvalue weighted by molar-refractivity contribution is 5.96. The molecule has 1 saturated carbocycles. The Bertz CT molecular complexity index is 864. The molecule has 8 heteroatoms. The van der Waals surface area contributed by atoms with Crippen LogP contribution in [-0.4, -0.2) is 46.3 Å². The maximum Gasteiger partial charge on any atom is 0.256 e. The van der Waals surface area contributed by atoms with E-state index in [0.717, 1.165) is 6.54 Å². The maximum atomic E-state index is 13.7. The zero-order chi connectivity index (χ0) is 19.0. The topological polar surface area (TPSA) is 76.5 Å². The minimum Gasteiger partial charge on any atom is -0.356 e. The van der Waals surface area contributed by atoms with Gasteiger partial charge in [0.25, 0.3) is 5.91 Å². The Kier molecular flexibility index (Phi) is 4.65. The Morgan fingerprint density at radius 3 is 2.96 bits per heavy atom. The molecule has 2 amide bonds. The van der Waals surface area contributed by atoms with Crippen molar-refractivity contribution in [3.05, 3.63) is 48.0 Å². The van der Waals surface area contributed by atoms with E-state index in [0.29, 0.717) is 17.2 Å². The Morgan fingerprint density at radius 2 is 2.22 bits per heavy atom. The van der Waals surface area contributed by atoms with Gasteiger partial charge in [0.2, 0.25) is 5.91 Å². The first-order chi connectivity index (χ1) is 13.0. The number of aromatic nitrogens is 2. The number of amides is 2. The molecule has 2 heterocycles. The Hall–Kier alpha value is -2.74. The van der Waals surface area contributed by atoms with E-state index in [2.05, 4.69) is 10.4 Å². The van der Waals surface area contributed by atoms with Gasteiger partial charge in [0.1, 0.15) is 12.4 Å². The second-order valence-electron chi connectivity index (χ2n) is 7.12. The highest BCUT2D eigenvalue weighted by atomic mass is 19.1. The van der Waals surface area contributed by atoms with Gasteiger partial charge in [0, 0.05) is 19.8 Å². The number of likely N-dealkylation sites (N-methyl/N-ethyl adjacent to an activating group) is 1. The zero-order valence-corrected chi connectivity index (χ0v) is 15.0. The first-order valence-corrected chi connectivity index (χ1v) is 8.97. The van der Waals surface area contributed by atoms with Crippen LogP contribution in [0.5, 0.6) is 0 Å². The fourth-order valence-electron chi connectivity index (χ4n) is 3.33. The van der Waals surface area contributed by atoms with E-state index in [4.69, 9.17) is 4.74 Å². The van der Waals surface area contributed by atoms with Crippen LogP contribution >= 0.6 is 0 Å². The van der Waals surface area contributed by atoms with Crippen molar-refractivity contribution < 1.29 is 18.7 Å². The summed E-state index contributed by atoms with van der Waals surface area (Å²) in [6.45, 7) is 0.653. The minimum atomic E-state index is -0.943. The number of anilines is 1. The van der Waals surface area contributed by atoms with Gasteiger partial charge in [-0.1, -0.05) is 12.1 Å². The van der Waals surface area contributed by atoms with Gasteiger partial charge in [-0.15, -0.1) is 0 Å². The van der Waals surface area contributed by atoms with Crippen LogP contribution in [0, 0.1) is 11.7 Å². The number of ether oxygens (including phenoxy) is 1. The fourth-order valence-corrected chi connectivity index (χ4v) is 3.33. The highest BCUT2D eigenvalue weighted by Crippen LogP contribution is 2.31. The molecule has 2 atom stereocenters. The molecule has 0 spiro atoms. The monoisotopic (exact) mass is 372 g/mol. The van der Waals surface area contributed by atoms with Crippen LogP contribution in [0.3, 0.4) is 0 Å². The molecule has 1 N–H and O–H groups in total. The highest BCUT2D eigenvalue weighted by Gasteiger charge is 2.40. The van der Waals surface area contributed by atoms with Crippen molar-refractivity contribution in [3.63, 3.8) is 0 Å². The Labute approximate surface area is 156 Å². The molecule has 1 aliphatic carbocycles. The molecule has 1 aromatic heterocycles. The normalized spacial score (nSPS) is 22.7. The number of benzene rings is 1. The molecule has 0 bridgehead atoms. The lowest BCUT2D eigenvalue weighted by Gasteiger charge is -2.38. The van der Waals surface area contributed by atoms with Gasteiger partial charge in [-0.05, 0) is 36.5 Å². The van der Waals surface area contributed by atoms with Gasteiger partial charge in [-0.25, -0.2) is 4.39 Å². The molecule has 1 saturated heterocycles. The number of morpholine rings is 1. The lowest BCUT2D eigenvalue weighted by atomic mass is 9.97. The third-order valence-corrected chi connectivity index (χ3v) is 4.98. The lowest BCUT2D eigenvalue weighted by Crippen LogP contribution is -2.51. The van der Waals surface area contributed by atoms with E-state index < -0.39 is 23.9 Å². The summed E-state index contributed by atoms with van der Waals surface area (Å²) in [6, 6.07) is 5.16. The van der Waals surface area contributed by atoms with Crippen molar-refractivity contribution in [2.75, 3.05) is 19.0 Å². The van der Waals surface area contributed by atoms with Crippen LogP contribution in [0.15, 0.2) is 36.7 Å². The predicted molar refractivity (Wildman–Crippen MR) is 95.2 cm³/mol. The number of carbonyl (C=O) groups excluding carboxylic acids is 2. The van der Waals surface area contributed by atoms with Gasteiger partial charge >= 0.3 is 0 Å². The van der Waals surface area contributed by atoms with Gasteiger partial charge in [0.15, 0.2) is 6.10 Å². The summed E-state index contributed by atoms with van der Waals surface area (Å²) < 4.78 is 21.0. The molecule has 2 unspecified atom stereocenters. The molecular formula is C19H21FN4O3. The third kappa shape index (κ3) is 3.85. The molecule has 1 aromatic carbocycles. The standard InChI is InChI=1S/C19H21FN4O3/c1-23-16(25)11-27-18(17(23)13-3-2-4-14(20)7-13)19(26)22-15-8-21-24(10-15)9-12-5-6-12/h2-4,7-8,10,12,17-18H,5-6,9,11H2,1H3,(H,22,26). The van der Waals surface area contributed by atoms with Crippen molar-refractivity contribution in [1.82, 2.24) is 14.7 Å². The van der Waals surface area contributed by atoms with Crippen LogP contribution in [0.1, 0.15) is 24.4 Å². The van der Waals surface area contributed by atoms with Crippen LogP contribution in [0.4, 0.5) is 10.1 Å². The summed E-state index contributed by atoms with van der Waals surface area (Å²) in [5.41, 5.74) is 1.08. The molecular weight excluding hydrogens is 351 g/mol. The molecule has 0 radical (unpaired) electrons. The lowest BCUT2D eigenvalue weighted by molar-refractivity contribution is -0.160. The number of rotatable bonds is 5.